The Morgan fingerprint density at radius 2 is 2.23 bits per heavy atom. The standard InChI is InChI=1S/C16H23N5O/c1-11(14-10-15(20-19-14)12-4-5-12)13-6-7-17-16(18-13)21(2)8-3-9-22/h6-7,10-12,22H,3-5,8-9H2,1-2H3,(H,19,20). The average Bonchev–Trinajstić information content (AvgIpc) is 3.29. The highest BCUT2D eigenvalue weighted by Gasteiger charge is 2.26. The van der Waals surface area contributed by atoms with E-state index in [9.17, 15) is 0 Å². The van der Waals surface area contributed by atoms with Crippen LogP contribution in [0.15, 0.2) is 18.3 Å². The number of anilines is 1. The van der Waals surface area contributed by atoms with Gasteiger partial charge >= 0.3 is 0 Å². The summed E-state index contributed by atoms with van der Waals surface area (Å²) >= 11 is 0. The van der Waals surface area contributed by atoms with Gasteiger partial charge in [-0.1, -0.05) is 6.92 Å². The number of hydrogen-bond acceptors (Lipinski definition) is 5. The number of nitrogens with zero attached hydrogens (tertiary/aromatic N) is 4. The summed E-state index contributed by atoms with van der Waals surface area (Å²) in [5.74, 6) is 1.51. The quantitative estimate of drug-likeness (QED) is 0.818. The van der Waals surface area contributed by atoms with Gasteiger partial charge in [-0.3, -0.25) is 5.10 Å². The fourth-order valence-corrected chi connectivity index (χ4v) is 2.52. The lowest BCUT2D eigenvalue weighted by atomic mass is 10.0. The Labute approximate surface area is 130 Å². The maximum atomic E-state index is 8.93. The molecule has 2 heterocycles. The molecule has 1 unspecified atom stereocenters. The van der Waals surface area contributed by atoms with Crippen LogP contribution in [0.25, 0.3) is 0 Å². The Morgan fingerprint density at radius 1 is 1.41 bits per heavy atom. The predicted molar refractivity (Wildman–Crippen MR) is 85.1 cm³/mol. The third-order valence-electron chi connectivity index (χ3n) is 4.18. The summed E-state index contributed by atoms with van der Waals surface area (Å²) in [6.45, 7) is 3.03. The van der Waals surface area contributed by atoms with E-state index in [0.29, 0.717) is 18.3 Å². The summed E-state index contributed by atoms with van der Waals surface area (Å²) in [5, 5.41) is 16.5. The van der Waals surface area contributed by atoms with E-state index in [1.165, 1.54) is 18.5 Å². The van der Waals surface area contributed by atoms with Crippen molar-refractivity contribution in [1.29, 1.82) is 0 Å². The van der Waals surface area contributed by atoms with E-state index in [1.807, 2.05) is 18.0 Å². The second kappa shape index (κ2) is 6.44. The fourth-order valence-electron chi connectivity index (χ4n) is 2.52. The summed E-state index contributed by atoms with van der Waals surface area (Å²) in [6.07, 6.45) is 5.04. The number of hydrogen-bond donors (Lipinski definition) is 2. The molecule has 0 aliphatic heterocycles. The lowest BCUT2D eigenvalue weighted by molar-refractivity contribution is 0.290. The second-order valence-electron chi connectivity index (χ2n) is 6.02. The lowest BCUT2D eigenvalue weighted by Crippen LogP contribution is -2.22. The Hall–Kier alpha value is -1.95. The van der Waals surface area contributed by atoms with Crippen molar-refractivity contribution >= 4 is 5.95 Å². The minimum atomic E-state index is 0.136. The van der Waals surface area contributed by atoms with E-state index in [4.69, 9.17) is 5.11 Å². The van der Waals surface area contributed by atoms with Gasteiger partial charge in [0.1, 0.15) is 0 Å². The zero-order valence-electron chi connectivity index (χ0n) is 13.2. The number of aromatic nitrogens is 4. The van der Waals surface area contributed by atoms with Crippen LogP contribution in [0, 0.1) is 0 Å². The molecule has 22 heavy (non-hydrogen) atoms. The van der Waals surface area contributed by atoms with E-state index < -0.39 is 0 Å². The van der Waals surface area contributed by atoms with Gasteiger partial charge in [0, 0.05) is 43.9 Å². The van der Waals surface area contributed by atoms with Gasteiger partial charge in [0.15, 0.2) is 0 Å². The zero-order chi connectivity index (χ0) is 15.5. The van der Waals surface area contributed by atoms with Crippen LogP contribution in [0.3, 0.4) is 0 Å². The highest BCUT2D eigenvalue weighted by Crippen LogP contribution is 2.39. The van der Waals surface area contributed by atoms with Crippen LogP contribution in [0.2, 0.25) is 0 Å². The highest BCUT2D eigenvalue weighted by molar-refractivity contribution is 5.32. The van der Waals surface area contributed by atoms with Gasteiger partial charge in [0.25, 0.3) is 0 Å². The number of rotatable bonds is 7. The van der Waals surface area contributed by atoms with Gasteiger partial charge in [-0.2, -0.15) is 5.10 Å². The van der Waals surface area contributed by atoms with Gasteiger partial charge in [0.05, 0.1) is 11.4 Å². The van der Waals surface area contributed by atoms with Crippen molar-refractivity contribution in [3.05, 3.63) is 35.4 Å². The van der Waals surface area contributed by atoms with Crippen LogP contribution < -0.4 is 4.90 Å². The van der Waals surface area contributed by atoms with E-state index >= 15 is 0 Å². The van der Waals surface area contributed by atoms with Crippen molar-refractivity contribution in [2.24, 2.45) is 0 Å². The van der Waals surface area contributed by atoms with Gasteiger partial charge in [0.2, 0.25) is 5.95 Å². The van der Waals surface area contributed by atoms with Gasteiger partial charge in [-0.05, 0) is 31.4 Å². The molecule has 2 aromatic heterocycles. The third kappa shape index (κ3) is 3.27. The zero-order valence-corrected chi connectivity index (χ0v) is 13.2. The van der Waals surface area contributed by atoms with E-state index in [2.05, 4.69) is 33.2 Å². The molecule has 0 aromatic carbocycles. The molecular weight excluding hydrogens is 278 g/mol. The molecule has 1 aliphatic rings. The smallest absolute Gasteiger partial charge is 0.225 e. The maximum Gasteiger partial charge on any atom is 0.225 e. The first kappa shape index (κ1) is 15.0. The number of aliphatic hydroxyl groups excluding tert-OH is 1. The van der Waals surface area contributed by atoms with Gasteiger partial charge in [-0.25, -0.2) is 9.97 Å². The summed E-state index contributed by atoms with van der Waals surface area (Å²) < 4.78 is 0. The summed E-state index contributed by atoms with van der Waals surface area (Å²) in [5.41, 5.74) is 3.25. The molecule has 2 N–H and O–H groups in total. The SMILES string of the molecule is CC(c1cc(C2CC2)[nH]n1)c1ccnc(N(C)CCCO)n1. The molecule has 0 amide bonds. The topological polar surface area (TPSA) is 77.9 Å². The lowest BCUT2D eigenvalue weighted by Gasteiger charge is -2.17. The molecule has 118 valence electrons. The van der Waals surface area contributed by atoms with Crippen molar-refractivity contribution < 1.29 is 5.11 Å². The van der Waals surface area contributed by atoms with Crippen LogP contribution in [-0.4, -0.2) is 45.5 Å². The second-order valence-corrected chi connectivity index (χ2v) is 6.02. The maximum absolute atomic E-state index is 8.93. The van der Waals surface area contributed by atoms with Crippen molar-refractivity contribution in [2.75, 3.05) is 25.1 Å². The highest BCUT2D eigenvalue weighted by atomic mass is 16.3. The van der Waals surface area contributed by atoms with Crippen LogP contribution in [0.5, 0.6) is 0 Å². The summed E-state index contributed by atoms with van der Waals surface area (Å²) in [4.78, 5) is 10.9. The van der Waals surface area contributed by atoms with Crippen LogP contribution >= 0.6 is 0 Å². The van der Waals surface area contributed by atoms with Crippen LogP contribution in [0.1, 0.15) is 55.1 Å². The summed E-state index contributed by atoms with van der Waals surface area (Å²) in [6, 6.07) is 4.11. The molecule has 0 spiro atoms. The minimum absolute atomic E-state index is 0.136. The molecule has 2 aromatic rings. The molecule has 0 radical (unpaired) electrons. The van der Waals surface area contributed by atoms with E-state index in [1.54, 1.807) is 6.20 Å². The normalized spacial score (nSPS) is 15.8. The number of H-pyrrole nitrogens is 1. The molecule has 1 atom stereocenters. The van der Waals surface area contributed by atoms with E-state index in [-0.39, 0.29) is 12.5 Å². The van der Waals surface area contributed by atoms with Crippen LogP contribution in [-0.2, 0) is 0 Å². The predicted octanol–water partition coefficient (Wildman–Crippen LogP) is 2.05. The molecular formula is C16H23N5O. The number of aliphatic hydroxyl groups is 1. The largest absolute Gasteiger partial charge is 0.396 e. The molecule has 6 heteroatoms. The first-order valence-electron chi connectivity index (χ1n) is 7.89. The molecule has 1 saturated carbocycles. The molecule has 1 aliphatic carbocycles. The van der Waals surface area contributed by atoms with Crippen molar-refractivity contribution in [1.82, 2.24) is 20.2 Å². The fraction of sp³-hybridized carbons (Fsp3) is 0.562. The van der Waals surface area contributed by atoms with Gasteiger partial charge in [-0.15, -0.1) is 0 Å². The molecule has 0 saturated heterocycles. The molecule has 3 rings (SSSR count). The van der Waals surface area contributed by atoms with E-state index in [0.717, 1.165) is 17.9 Å². The monoisotopic (exact) mass is 301 g/mol. The minimum Gasteiger partial charge on any atom is -0.396 e. The van der Waals surface area contributed by atoms with Crippen molar-refractivity contribution in [3.63, 3.8) is 0 Å². The Balaban J connectivity index is 1.75. The van der Waals surface area contributed by atoms with Crippen LogP contribution in [0.4, 0.5) is 5.95 Å². The van der Waals surface area contributed by atoms with Crippen molar-refractivity contribution in [3.8, 4) is 0 Å². The average molecular weight is 301 g/mol. The Kier molecular flexibility index (Phi) is 4.38. The Bertz CT molecular complexity index is 623. The number of nitrogens with one attached hydrogen (secondary N) is 1. The molecule has 6 nitrogen and oxygen atoms in total. The Morgan fingerprint density at radius 3 is 2.95 bits per heavy atom. The van der Waals surface area contributed by atoms with Crippen molar-refractivity contribution in [2.45, 2.75) is 38.0 Å². The van der Waals surface area contributed by atoms with Gasteiger partial charge < -0.3 is 10.0 Å². The number of aromatic amines is 1. The first-order chi connectivity index (χ1) is 10.7. The summed E-state index contributed by atoms with van der Waals surface area (Å²) in [7, 11) is 1.94. The molecule has 1 fully saturated rings. The molecule has 0 bridgehead atoms. The third-order valence-corrected chi connectivity index (χ3v) is 4.18. The first-order valence-corrected chi connectivity index (χ1v) is 7.89.